The van der Waals surface area contributed by atoms with Crippen molar-refractivity contribution in [3.05, 3.63) is 41.2 Å². The maximum Gasteiger partial charge on any atom is 0.405 e. The minimum atomic E-state index is -4.51. The lowest BCUT2D eigenvalue weighted by Gasteiger charge is -2.25. The van der Waals surface area contributed by atoms with Gasteiger partial charge in [0.1, 0.15) is 6.54 Å². The standard InChI is InChI=1S/C23H29F4N5O3/c24-13-3-1-2-4-19-20(22(35)29-16-7-11-18(33)12-8-16)30-31-32(19)17-9-5-15(6-10-17)21(34)28-14-23(25,26)27/h5-6,9-10,16,18,33H,1-4,7-8,11-14H2,(H,28,34)(H,29,35). The Morgan fingerprint density at radius 3 is 2.34 bits per heavy atom. The molecule has 1 aromatic heterocycles. The van der Waals surface area contributed by atoms with Gasteiger partial charge in [-0.3, -0.25) is 14.0 Å². The molecule has 0 aliphatic heterocycles. The van der Waals surface area contributed by atoms with Crippen molar-refractivity contribution >= 4 is 11.8 Å². The van der Waals surface area contributed by atoms with Crippen molar-refractivity contribution in [3.63, 3.8) is 0 Å². The van der Waals surface area contributed by atoms with Gasteiger partial charge in [-0.2, -0.15) is 13.2 Å². The van der Waals surface area contributed by atoms with E-state index in [9.17, 15) is 32.3 Å². The molecule has 3 N–H and O–H groups in total. The second kappa shape index (κ2) is 12.1. The summed E-state index contributed by atoms with van der Waals surface area (Å²) in [7, 11) is 0. The molecular formula is C23H29F4N5O3. The number of hydrogen-bond acceptors (Lipinski definition) is 5. The second-order valence-corrected chi connectivity index (χ2v) is 8.62. The Labute approximate surface area is 200 Å². The first-order chi connectivity index (χ1) is 16.7. The fourth-order valence-electron chi connectivity index (χ4n) is 3.98. The van der Waals surface area contributed by atoms with Crippen LogP contribution in [0, 0.1) is 0 Å². The molecule has 3 rings (SSSR count). The predicted molar refractivity (Wildman–Crippen MR) is 119 cm³/mol. The molecular weight excluding hydrogens is 470 g/mol. The van der Waals surface area contributed by atoms with Crippen molar-refractivity contribution in [2.75, 3.05) is 13.2 Å². The van der Waals surface area contributed by atoms with Gasteiger partial charge in [0.15, 0.2) is 5.69 Å². The number of nitrogens with one attached hydrogen (secondary N) is 2. The first-order valence-corrected chi connectivity index (χ1v) is 11.6. The normalized spacial score (nSPS) is 18.3. The van der Waals surface area contributed by atoms with Crippen LogP contribution in [0.3, 0.4) is 0 Å². The molecule has 2 aromatic rings. The number of aliphatic hydroxyl groups excluding tert-OH is 1. The molecule has 0 bridgehead atoms. The number of aromatic nitrogens is 3. The van der Waals surface area contributed by atoms with Crippen LogP contribution in [0.2, 0.25) is 0 Å². The van der Waals surface area contributed by atoms with E-state index in [4.69, 9.17) is 0 Å². The van der Waals surface area contributed by atoms with Gasteiger partial charge in [0.2, 0.25) is 0 Å². The number of hydrogen-bond donors (Lipinski definition) is 3. The summed E-state index contributed by atoms with van der Waals surface area (Å²) in [6.07, 6.45) is -0.312. The summed E-state index contributed by atoms with van der Waals surface area (Å²) < 4.78 is 51.0. The zero-order valence-electron chi connectivity index (χ0n) is 19.2. The van der Waals surface area contributed by atoms with E-state index >= 15 is 0 Å². The van der Waals surface area contributed by atoms with Crippen LogP contribution in [0.1, 0.15) is 71.5 Å². The number of halogens is 4. The molecule has 1 fully saturated rings. The minimum Gasteiger partial charge on any atom is -0.393 e. The Balaban J connectivity index is 1.77. The molecule has 1 aliphatic rings. The number of alkyl halides is 4. The number of benzene rings is 1. The van der Waals surface area contributed by atoms with Gasteiger partial charge in [0, 0.05) is 11.6 Å². The molecule has 1 saturated carbocycles. The SMILES string of the molecule is O=C(NCC(F)(F)F)c1ccc(-n2nnc(C(=O)NC3CCC(O)CC3)c2CCCCCF)cc1. The third kappa shape index (κ3) is 7.74. The number of aliphatic hydroxyl groups is 1. The number of nitrogens with zero attached hydrogens (tertiary/aromatic N) is 3. The minimum absolute atomic E-state index is 0.0417. The van der Waals surface area contributed by atoms with E-state index in [1.54, 1.807) is 0 Å². The summed E-state index contributed by atoms with van der Waals surface area (Å²) in [6.45, 7) is -1.87. The summed E-state index contributed by atoms with van der Waals surface area (Å²) in [4.78, 5) is 24.9. The topological polar surface area (TPSA) is 109 Å². The molecule has 35 heavy (non-hydrogen) atoms. The first kappa shape index (κ1) is 26.6. The number of unbranched alkanes of at least 4 members (excludes halogenated alkanes) is 2. The van der Waals surface area contributed by atoms with E-state index in [-0.39, 0.29) is 29.3 Å². The molecule has 0 spiro atoms. The number of carbonyl (C=O) groups excluding carboxylic acids is 2. The van der Waals surface area contributed by atoms with Crippen molar-refractivity contribution in [3.8, 4) is 5.69 Å². The molecule has 1 aromatic carbocycles. The molecule has 0 atom stereocenters. The summed E-state index contributed by atoms with van der Waals surface area (Å²) in [5, 5.41) is 22.6. The molecule has 1 heterocycles. The van der Waals surface area contributed by atoms with Gasteiger partial charge in [0.25, 0.3) is 11.8 Å². The van der Waals surface area contributed by atoms with Gasteiger partial charge < -0.3 is 15.7 Å². The fraction of sp³-hybridized carbons (Fsp3) is 0.565. The Hall–Kier alpha value is -3.02. The molecule has 0 radical (unpaired) electrons. The van der Waals surface area contributed by atoms with Crippen molar-refractivity contribution < 1.29 is 32.3 Å². The number of carbonyl (C=O) groups is 2. The van der Waals surface area contributed by atoms with Crippen LogP contribution in [0.4, 0.5) is 17.6 Å². The van der Waals surface area contributed by atoms with Gasteiger partial charge >= 0.3 is 6.18 Å². The third-order valence-electron chi connectivity index (χ3n) is 5.88. The van der Waals surface area contributed by atoms with Crippen LogP contribution in [0.15, 0.2) is 24.3 Å². The maximum absolute atomic E-state index is 13.0. The highest BCUT2D eigenvalue weighted by Crippen LogP contribution is 2.21. The average Bonchev–Trinajstić information content (AvgIpc) is 3.25. The first-order valence-electron chi connectivity index (χ1n) is 11.6. The summed E-state index contributed by atoms with van der Waals surface area (Å²) in [5.41, 5.74) is 1.18. The van der Waals surface area contributed by atoms with Gasteiger partial charge in [0.05, 0.1) is 24.2 Å². The fourth-order valence-corrected chi connectivity index (χ4v) is 3.98. The average molecular weight is 500 g/mol. The monoisotopic (exact) mass is 499 g/mol. The van der Waals surface area contributed by atoms with E-state index in [1.807, 2.05) is 5.32 Å². The molecule has 0 unspecified atom stereocenters. The molecule has 2 amide bonds. The zero-order chi connectivity index (χ0) is 25.4. The quantitative estimate of drug-likeness (QED) is 0.344. The van der Waals surface area contributed by atoms with Crippen LogP contribution >= 0.6 is 0 Å². The molecule has 192 valence electrons. The van der Waals surface area contributed by atoms with Gasteiger partial charge in [-0.05, 0) is 69.2 Å². The van der Waals surface area contributed by atoms with E-state index < -0.39 is 25.3 Å². The van der Waals surface area contributed by atoms with Crippen LogP contribution in [0.5, 0.6) is 0 Å². The van der Waals surface area contributed by atoms with Crippen molar-refractivity contribution in [2.45, 2.75) is 69.7 Å². The van der Waals surface area contributed by atoms with E-state index in [0.717, 1.165) is 0 Å². The highest BCUT2D eigenvalue weighted by atomic mass is 19.4. The molecule has 0 saturated heterocycles. The molecule has 8 nitrogen and oxygen atoms in total. The van der Waals surface area contributed by atoms with Crippen molar-refractivity contribution in [1.29, 1.82) is 0 Å². The van der Waals surface area contributed by atoms with E-state index in [1.165, 1.54) is 28.9 Å². The Morgan fingerprint density at radius 2 is 1.71 bits per heavy atom. The van der Waals surface area contributed by atoms with Crippen LogP contribution in [-0.2, 0) is 6.42 Å². The number of rotatable bonds is 10. The third-order valence-corrected chi connectivity index (χ3v) is 5.88. The van der Waals surface area contributed by atoms with Crippen LogP contribution in [-0.4, -0.2) is 63.5 Å². The maximum atomic E-state index is 13.0. The molecule has 12 heteroatoms. The van der Waals surface area contributed by atoms with Crippen molar-refractivity contribution in [2.24, 2.45) is 0 Å². The lowest BCUT2D eigenvalue weighted by atomic mass is 9.93. The summed E-state index contributed by atoms with van der Waals surface area (Å²) in [6, 6.07) is 5.66. The summed E-state index contributed by atoms with van der Waals surface area (Å²) in [5.74, 6) is -1.25. The lowest BCUT2D eigenvalue weighted by molar-refractivity contribution is -0.123. The van der Waals surface area contributed by atoms with E-state index in [0.29, 0.717) is 62.7 Å². The highest BCUT2D eigenvalue weighted by Gasteiger charge is 2.28. The van der Waals surface area contributed by atoms with E-state index in [2.05, 4.69) is 15.6 Å². The van der Waals surface area contributed by atoms with Crippen LogP contribution < -0.4 is 10.6 Å². The van der Waals surface area contributed by atoms with Gasteiger partial charge in [-0.15, -0.1) is 5.10 Å². The number of amides is 2. The smallest absolute Gasteiger partial charge is 0.393 e. The largest absolute Gasteiger partial charge is 0.405 e. The molecule has 1 aliphatic carbocycles. The predicted octanol–water partition coefficient (Wildman–Crippen LogP) is 3.28. The Morgan fingerprint density at radius 1 is 1.03 bits per heavy atom. The highest BCUT2D eigenvalue weighted by molar-refractivity contribution is 5.94. The Bertz CT molecular complexity index is 986. The summed E-state index contributed by atoms with van der Waals surface area (Å²) >= 11 is 0. The van der Waals surface area contributed by atoms with Gasteiger partial charge in [-0.25, -0.2) is 4.68 Å². The van der Waals surface area contributed by atoms with Crippen molar-refractivity contribution in [1.82, 2.24) is 25.6 Å². The zero-order valence-corrected chi connectivity index (χ0v) is 19.2. The van der Waals surface area contributed by atoms with Gasteiger partial charge in [-0.1, -0.05) is 11.6 Å². The Kier molecular flexibility index (Phi) is 9.19. The second-order valence-electron chi connectivity index (χ2n) is 8.62. The lowest BCUT2D eigenvalue weighted by Crippen LogP contribution is -2.39. The van der Waals surface area contributed by atoms with Crippen LogP contribution in [0.25, 0.3) is 5.69 Å².